The number of anilines is 1. The summed E-state index contributed by atoms with van der Waals surface area (Å²) < 4.78 is 57.0. The van der Waals surface area contributed by atoms with Crippen molar-refractivity contribution in [2.75, 3.05) is 18.4 Å². The van der Waals surface area contributed by atoms with Gasteiger partial charge in [0.2, 0.25) is 11.8 Å². The summed E-state index contributed by atoms with van der Waals surface area (Å²) in [6.45, 7) is 0.763. The molecule has 2 aromatic heterocycles. The maximum atomic E-state index is 13.8. The van der Waals surface area contributed by atoms with E-state index in [0.717, 1.165) is 0 Å². The largest absolute Gasteiger partial charge is 0.445 e. The number of likely N-dealkylation sites (tertiary alicyclic amines) is 1. The Kier molecular flexibility index (Phi) is 5.57. The number of carbonyl (C=O) groups is 1. The maximum Gasteiger partial charge on any atom is 0.419 e. The van der Waals surface area contributed by atoms with Gasteiger partial charge in [-0.15, -0.1) is 0 Å². The third-order valence-corrected chi connectivity index (χ3v) is 4.90. The van der Waals surface area contributed by atoms with E-state index < -0.39 is 17.6 Å². The number of rotatable bonds is 4. The van der Waals surface area contributed by atoms with Crippen LogP contribution in [0.5, 0.6) is 0 Å². The zero-order valence-electron chi connectivity index (χ0n) is 16.1. The van der Waals surface area contributed by atoms with Crippen molar-refractivity contribution in [1.29, 1.82) is 0 Å². The average molecular weight is 435 g/mol. The molecule has 4 rings (SSSR count). The molecule has 162 valence electrons. The van der Waals surface area contributed by atoms with Crippen LogP contribution in [-0.4, -0.2) is 44.9 Å². The van der Waals surface area contributed by atoms with Crippen LogP contribution in [0.15, 0.2) is 47.5 Å². The van der Waals surface area contributed by atoms with Crippen LogP contribution in [0.4, 0.5) is 23.5 Å². The minimum atomic E-state index is -4.51. The van der Waals surface area contributed by atoms with E-state index in [1.807, 2.05) is 0 Å². The number of nitrogens with zero attached hydrogens (tertiary/aromatic N) is 4. The predicted molar refractivity (Wildman–Crippen MR) is 101 cm³/mol. The maximum absolute atomic E-state index is 13.8. The monoisotopic (exact) mass is 435 g/mol. The summed E-state index contributed by atoms with van der Waals surface area (Å²) in [5.74, 6) is -0.669. The molecule has 1 N–H and O–H groups in total. The van der Waals surface area contributed by atoms with E-state index in [2.05, 4.69) is 20.3 Å². The van der Waals surface area contributed by atoms with Gasteiger partial charge in [-0.25, -0.2) is 19.3 Å². The highest BCUT2D eigenvalue weighted by atomic mass is 19.4. The van der Waals surface area contributed by atoms with E-state index in [4.69, 9.17) is 4.42 Å². The highest BCUT2D eigenvalue weighted by molar-refractivity contribution is 6.00. The lowest BCUT2D eigenvalue weighted by Gasteiger charge is -2.33. The minimum absolute atomic E-state index is 0.0505. The number of nitrogens with one attached hydrogen (secondary N) is 1. The highest BCUT2D eigenvalue weighted by Crippen LogP contribution is 2.29. The van der Waals surface area contributed by atoms with Gasteiger partial charge in [0.15, 0.2) is 0 Å². The first-order valence-corrected chi connectivity index (χ1v) is 9.46. The van der Waals surface area contributed by atoms with Gasteiger partial charge in [0.05, 0.1) is 22.9 Å². The fourth-order valence-corrected chi connectivity index (χ4v) is 3.42. The molecule has 11 heteroatoms. The molecule has 7 nitrogen and oxygen atoms in total. The third-order valence-electron chi connectivity index (χ3n) is 4.90. The Labute approximate surface area is 174 Å². The van der Waals surface area contributed by atoms with E-state index in [0.29, 0.717) is 31.8 Å². The normalized spacial score (nSPS) is 16.9. The molecule has 1 saturated heterocycles. The second-order valence-corrected chi connectivity index (χ2v) is 7.05. The molecule has 1 atom stereocenters. The first-order valence-electron chi connectivity index (χ1n) is 9.46. The molecule has 3 aromatic rings. The fourth-order valence-electron chi connectivity index (χ4n) is 3.42. The zero-order valence-corrected chi connectivity index (χ0v) is 16.1. The number of amides is 1. The van der Waals surface area contributed by atoms with E-state index in [1.165, 1.54) is 30.7 Å². The van der Waals surface area contributed by atoms with Crippen molar-refractivity contribution in [2.24, 2.45) is 0 Å². The SMILES string of the molecule is O=C(c1ccc(F)cc1-c1ncco1)N1CCCC(Nc2ncc(C(F)(F)F)cn2)C1. The predicted octanol–water partition coefficient (Wildman–Crippen LogP) is 4.01. The topological polar surface area (TPSA) is 84.2 Å². The number of hydrogen-bond donors (Lipinski definition) is 1. The molecule has 1 aliphatic rings. The van der Waals surface area contributed by atoms with Crippen LogP contribution in [0.25, 0.3) is 11.5 Å². The summed E-state index contributed by atoms with van der Waals surface area (Å²) in [5, 5.41) is 2.97. The Balaban J connectivity index is 1.49. The van der Waals surface area contributed by atoms with E-state index >= 15 is 0 Å². The minimum Gasteiger partial charge on any atom is -0.445 e. The van der Waals surface area contributed by atoms with Gasteiger partial charge in [-0.05, 0) is 31.0 Å². The Morgan fingerprint density at radius 2 is 1.97 bits per heavy atom. The van der Waals surface area contributed by atoms with Gasteiger partial charge in [0, 0.05) is 31.5 Å². The Morgan fingerprint density at radius 1 is 1.19 bits per heavy atom. The Hall–Kier alpha value is -3.50. The van der Waals surface area contributed by atoms with Gasteiger partial charge in [-0.2, -0.15) is 13.2 Å². The molecule has 3 heterocycles. The van der Waals surface area contributed by atoms with E-state index in [1.54, 1.807) is 4.90 Å². The van der Waals surface area contributed by atoms with Crippen molar-refractivity contribution in [2.45, 2.75) is 25.1 Å². The van der Waals surface area contributed by atoms with Gasteiger partial charge in [0.25, 0.3) is 5.91 Å². The van der Waals surface area contributed by atoms with Crippen LogP contribution in [0.1, 0.15) is 28.8 Å². The molecule has 0 spiro atoms. The quantitative estimate of drug-likeness (QED) is 0.624. The lowest BCUT2D eigenvalue weighted by Crippen LogP contribution is -2.45. The van der Waals surface area contributed by atoms with Gasteiger partial charge < -0.3 is 14.6 Å². The number of hydrogen-bond acceptors (Lipinski definition) is 6. The number of carbonyl (C=O) groups excluding carboxylic acids is 1. The summed E-state index contributed by atoms with van der Waals surface area (Å²) in [4.78, 5) is 26.1. The second kappa shape index (κ2) is 8.32. The molecule has 0 aliphatic carbocycles. The fraction of sp³-hybridized carbons (Fsp3) is 0.300. The highest BCUT2D eigenvalue weighted by Gasteiger charge is 2.32. The van der Waals surface area contributed by atoms with Gasteiger partial charge in [-0.1, -0.05) is 0 Å². The van der Waals surface area contributed by atoms with Gasteiger partial charge in [-0.3, -0.25) is 4.79 Å². The molecule has 31 heavy (non-hydrogen) atoms. The summed E-state index contributed by atoms with van der Waals surface area (Å²) >= 11 is 0. The van der Waals surface area contributed by atoms with E-state index in [-0.39, 0.29) is 41.5 Å². The van der Waals surface area contributed by atoms with Crippen LogP contribution in [0.3, 0.4) is 0 Å². The molecule has 0 saturated carbocycles. The smallest absolute Gasteiger partial charge is 0.419 e. The van der Waals surface area contributed by atoms with Crippen LogP contribution in [0, 0.1) is 5.82 Å². The first kappa shape index (κ1) is 20.8. The van der Waals surface area contributed by atoms with Crippen molar-refractivity contribution in [3.8, 4) is 11.5 Å². The van der Waals surface area contributed by atoms with Crippen molar-refractivity contribution in [1.82, 2.24) is 19.9 Å². The summed E-state index contributed by atoms with van der Waals surface area (Å²) in [5.41, 5.74) is -0.444. The van der Waals surface area contributed by atoms with Gasteiger partial charge >= 0.3 is 6.18 Å². The molecule has 0 radical (unpaired) electrons. The van der Waals surface area contributed by atoms with Crippen molar-refractivity contribution >= 4 is 11.9 Å². The molecule has 1 fully saturated rings. The number of benzene rings is 1. The molecule has 1 unspecified atom stereocenters. The lowest BCUT2D eigenvalue weighted by molar-refractivity contribution is -0.138. The van der Waals surface area contributed by atoms with Crippen LogP contribution in [0.2, 0.25) is 0 Å². The standard InChI is InChI=1S/C20H17F4N5O2/c21-13-3-4-15(16(8-13)17-25-5-7-31-17)18(30)29-6-1-2-14(11-29)28-19-26-9-12(10-27-19)20(22,23)24/h3-5,7-10,14H,1-2,6,11H2,(H,26,27,28). The molecule has 0 bridgehead atoms. The molecule has 1 amide bonds. The number of halogens is 4. The third kappa shape index (κ3) is 4.65. The molecular weight excluding hydrogens is 418 g/mol. The lowest BCUT2D eigenvalue weighted by atomic mass is 10.0. The number of aromatic nitrogens is 3. The summed E-state index contributed by atoms with van der Waals surface area (Å²) in [6.07, 6.45) is 0.995. The summed E-state index contributed by atoms with van der Waals surface area (Å²) in [6, 6.07) is 3.51. The molecular formula is C20H17F4N5O2. The average Bonchev–Trinajstić information content (AvgIpc) is 3.28. The number of oxazole rings is 1. The van der Waals surface area contributed by atoms with Crippen molar-refractivity contribution in [3.63, 3.8) is 0 Å². The Bertz CT molecular complexity index is 1050. The van der Waals surface area contributed by atoms with Crippen LogP contribution in [-0.2, 0) is 6.18 Å². The first-order chi connectivity index (χ1) is 14.8. The number of piperidine rings is 1. The van der Waals surface area contributed by atoms with Gasteiger partial charge in [0.1, 0.15) is 12.1 Å². The summed E-state index contributed by atoms with van der Waals surface area (Å²) in [7, 11) is 0. The molecule has 1 aliphatic heterocycles. The number of alkyl halides is 3. The zero-order chi connectivity index (χ0) is 22.0. The van der Waals surface area contributed by atoms with Crippen molar-refractivity contribution < 1.29 is 26.8 Å². The van der Waals surface area contributed by atoms with Crippen LogP contribution < -0.4 is 5.32 Å². The van der Waals surface area contributed by atoms with Crippen molar-refractivity contribution in [3.05, 3.63) is 60.0 Å². The van der Waals surface area contributed by atoms with E-state index in [9.17, 15) is 22.4 Å². The Morgan fingerprint density at radius 3 is 2.65 bits per heavy atom. The molecule has 1 aromatic carbocycles. The second-order valence-electron chi connectivity index (χ2n) is 7.05. The van der Waals surface area contributed by atoms with Crippen LogP contribution >= 0.6 is 0 Å².